The van der Waals surface area contributed by atoms with Gasteiger partial charge in [-0.3, -0.25) is 0 Å². The highest BCUT2D eigenvalue weighted by Gasteiger charge is 2.73. The molecule has 0 N–H and O–H groups in total. The zero-order valence-electron chi connectivity index (χ0n) is 13.4. The van der Waals surface area contributed by atoms with Crippen LogP contribution in [0.15, 0.2) is 24.3 Å². The molecular weight excluding hydrogens is 280 g/mol. The first-order valence-corrected chi connectivity index (χ1v) is 8.09. The summed E-state index contributed by atoms with van der Waals surface area (Å²) in [4.78, 5) is 24.3. The van der Waals surface area contributed by atoms with Crippen LogP contribution in [0.3, 0.4) is 0 Å². The number of carbonyl (C=O) groups is 2. The van der Waals surface area contributed by atoms with E-state index in [0.717, 1.165) is 38.5 Å². The summed E-state index contributed by atoms with van der Waals surface area (Å²) in [5.41, 5.74) is -0.540. The van der Waals surface area contributed by atoms with Gasteiger partial charge in [-0.25, -0.2) is 9.59 Å². The van der Waals surface area contributed by atoms with E-state index in [1.807, 2.05) is 0 Å². The lowest BCUT2D eigenvalue weighted by Gasteiger charge is -2.46. The van der Waals surface area contributed by atoms with Crippen molar-refractivity contribution < 1.29 is 19.1 Å². The molecule has 4 atom stereocenters. The van der Waals surface area contributed by atoms with E-state index in [2.05, 4.69) is 13.2 Å². The molecule has 3 aliphatic rings. The molecule has 3 aliphatic carbocycles. The summed E-state index contributed by atoms with van der Waals surface area (Å²) in [6.07, 6.45) is 5.45. The number of rotatable bonds is 4. The van der Waals surface area contributed by atoms with Gasteiger partial charge in [0.05, 0.1) is 0 Å². The Kier molecular flexibility index (Phi) is 3.46. The van der Waals surface area contributed by atoms with Crippen LogP contribution >= 0.6 is 0 Å². The maximum Gasteiger partial charge on any atom is 0.333 e. The number of fused-ring (bicyclic) bond motifs is 5. The highest BCUT2D eigenvalue weighted by molar-refractivity contribution is 5.88. The van der Waals surface area contributed by atoms with E-state index in [-0.39, 0.29) is 11.9 Å². The zero-order chi connectivity index (χ0) is 16.1. The van der Waals surface area contributed by atoms with E-state index in [0.29, 0.717) is 23.0 Å². The number of esters is 2. The third kappa shape index (κ3) is 1.96. The Morgan fingerprint density at radius 3 is 2.27 bits per heavy atom. The molecule has 0 amide bonds. The fourth-order valence-corrected chi connectivity index (χ4v) is 4.88. The predicted octanol–water partition coefficient (Wildman–Crippen LogP) is 3.32. The number of carbonyl (C=O) groups excluding carboxylic acids is 2. The van der Waals surface area contributed by atoms with Crippen molar-refractivity contribution in [1.29, 1.82) is 0 Å². The summed E-state index contributed by atoms with van der Waals surface area (Å²) in [5, 5.41) is 0. The summed E-state index contributed by atoms with van der Waals surface area (Å²) >= 11 is 0. The summed E-state index contributed by atoms with van der Waals surface area (Å²) < 4.78 is 11.9. The minimum Gasteiger partial charge on any atom is -0.451 e. The van der Waals surface area contributed by atoms with Gasteiger partial charge in [-0.1, -0.05) is 13.2 Å². The molecule has 120 valence electrons. The van der Waals surface area contributed by atoms with Gasteiger partial charge in [-0.15, -0.1) is 0 Å². The number of hydrogen-bond acceptors (Lipinski definition) is 4. The minimum atomic E-state index is -0.667. The molecule has 4 nitrogen and oxygen atoms in total. The highest BCUT2D eigenvalue weighted by Crippen LogP contribution is 2.66. The fraction of sp³-hybridized carbons (Fsp3) is 0.667. The Balaban J connectivity index is 1.96. The molecule has 4 unspecified atom stereocenters. The molecule has 22 heavy (non-hydrogen) atoms. The second-order valence-electron chi connectivity index (χ2n) is 7.23. The molecule has 0 radical (unpaired) electrons. The zero-order valence-corrected chi connectivity index (χ0v) is 13.4. The Hall–Kier alpha value is -1.58. The smallest absolute Gasteiger partial charge is 0.333 e. The first-order chi connectivity index (χ1) is 10.3. The van der Waals surface area contributed by atoms with E-state index in [1.54, 1.807) is 13.8 Å². The number of ether oxygens (including phenoxy) is 2. The van der Waals surface area contributed by atoms with Crippen molar-refractivity contribution in [2.75, 3.05) is 0 Å². The maximum atomic E-state index is 12.2. The molecule has 3 rings (SSSR count). The quantitative estimate of drug-likeness (QED) is 0.590. The lowest BCUT2D eigenvalue weighted by molar-refractivity contribution is -0.210. The second kappa shape index (κ2) is 4.97. The molecule has 3 fully saturated rings. The Bertz CT molecular complexity index is 563. The third-order valence-corrected chi connectivity index (χ3v) is 5.77. The maximum absolute atomic E-state index is 12.2. The van der Waals surface area contributed by atoms with Crippen LogP contribution < -0.4 is 0 Å². The average molecular weight is 304 g/mol. The van der Waals surface area contributed by atoms with Gasteiger partial charge in [0.1, 0.15) is 0 Å². The van der Waals surface area contributed by atoms with Crippen LogP contribution in [0.25, 0.3) is 0 Å². The van der Waals surface area contributed by atoms with E-state index < -0.39 is 11.2 Å². The predicted molar refractivity (Wildman–Crippen MR) is 82.0 cm³/mol. The monoisotopic (exact) mass is 304 g/mol. The van der Waals surface area contributed by atoms with Crippen LogP contribution in [0.5, 0.6) is 0 Å². The van der Waals surface area contributed by atoms with Gasteiger partial charge >= 0.3 is 11.9 Å². The lowest BCUT2D eigenvalue weighted by atomic mass is 9.74. The molecule has 0 aliphatic heterocycles. The van der Waals surface area contributed by atoms with Crippen molar-refractivity contribution in [3.05, 3.63) is 24.3 Å². The molecule has 0 aromatic heterocycles. The summed E-state index contributed by atoms with van der Waals surface area (Å²) in [7, 11) is 0. The van der Waals surface area contributed by atoms with Crippen LogP contribution in [0.1, 0.15) is 52.4 Å². The van der Waals surface area contributed by atoms with E-state index >= 15 is 0 Å². The highest BCUT2D eigenvalue weighted by atomic mass is 16.6. The van der Waals surface area contributed by atoms with Crippen molar-refractivity contribution in [2.45, 2.75) is 63.6 Å². The van der Waals surface area contributed by atoms with Crippen LogP contribution in [-0.2, 0) is 19.1 Å². The van der Waals surface area contributed by atoms with Crippen molar-refractivity contribution in [3.8, 4) is 0 Å². The van der Waals surface area contributed by atoms with Gasteiger partial charge in [0.25, 0.3) is 0 Å². The molecular formula is C18H24O4. The molecule has 3 saturated carbocycles. The number of hydrogen-bond donors (Lipinski definition) is 0. The fourth-order valence-electron chi connectivity index (χ4n) is 4.88. The van der Waals surface area contributed by atoms with Crippen LogP contribution in [0.2, 0.25) is 0 Å². The van der Waals surface area contributed by atoms with Gasteiger partial charge < -0.3 is 9.47 Å². The minimum absolute atomic E-state index is 0.308. The summed E-state index contributed by atoms with van der Waals surface area (Å²) in [5.74, 6) is 0.0463. The largest absolute Gasteiger partial charge is 0.451 e. The standard InChI is InChI=1S/C18H24O4/c1-11(2)15(19)21-17-9-7-13(10-17)14-6-5-8-18(14,17)22-16(20)12(3)4/h13-14H,1,3,5-10H2,2,4H3. The molecule has 0 saturated heterocycles. The Morgan fingerprint density at radius 2 is 1.64 bits per heavy atom. The third-order valence-electron chi connectivity index (χ3n) is 5.77. The lowest BCUT2D eigenvalue weighted by Crippen LogP contribution is -2.57. The molecule has 0 spiro atoms. The molecule has 0 aromatic rings. The van der Waals surface area contributed by atoms with Crippen LogP contribution in [0.4, 0.5) is 0 Å². The molecule has 2 bridgehead atoms. The SMILES string of the molecule is C=C(C)C(=O)OC12CCC(C1)C1CCCC12OC(=O)C(=C)C. The van der Waals surface area contributed by atoms with E-state index in [9.17, 15) is 9.59 Å². The molecule has 4 heteroatoms. The van der Waals surface area contributed by atoms with Gasteiger partial charge in [0, 0.05) is 17.1 Å². The second-order valence-corrected chi connectivity index (χ2v) is 7.23. The van der Waals surface area contributed by atoms with Gasteiger partial charge in [0.2, 0.25) is 0 Å². The average Bonchev–Trinajstić information content (AvgIpc) is 3.08. The molecule has 0 aromatic carbocycles. The van der Waals surface area contributed by atoms with Crippen molar-refractivity contribution in [1.82, 2.24) is 0 Å². The van der Waals surface area contributed by atoms with E-state index in [1.165, 1.54) is 0 Å². The summed E-state index contributed by atoms with van der Waals surface area (Å²) in [6, 6.07) is 0. The van der Waals surface area contributed by atoms with Crippen molar-refractivity contribution in [3.63, 3.8) is 0 Å². The van der Waals surface area contributed by atoms with Gasteiger partial charge in [-0.2, -0.15) is 0 Å². The first kappa shape index (κ1) is 15.3. The van der Waals surface area contributed by atoms with Crippen LogP contribution in [-0.4, -0.2) is 23.1 Å². The normalized spacial score (nSPS) is 38.5. The van der Waals surface area contributed by atoms with E-state index in [4.69, 9.17) is 9.47 Å². The Morgan fingerprint density at radius 1 is 1.00 bits per heavy atom. The first-order valence-electron chi connectivity index (χ1n) is 8.09. The molecule has 0 heterocycles. The van der Waals surface area contributed by atoms with Gasteiger partial charge in [-0.05, 0) is 58.3 Å². The van der Waals surface area contributed by atoms with Crippen molar-refractivity contribution >= 4 is 11.9 Å². The van der Waals surface area contributed by atoms with Gasteiger partial charge in [0.15, 0.2) is 11.2 Å². The topological polar surface area (TPSA) is 52.6 Å². The van der Waals surface area contributed by atoms with Crippen molar-refractivity contribution in [2.24, 2.45) is 11.8 Å². The summed E-state index contributed by atoms with van der Waals surface area (Å²) in [6.45, 7) is 10.7. The van der Waals surface area contributed by atoms with Crippen LogP contribution in [0, 0.1) is 11.8 Å². The Labute approximate surface area is 131 Å².